The summed E-state index contributed by atoms with van der Waals surface area (Å²) >= 11 is 0. The van der Waals surface area contributed by atoms with Crippen LogP contribution >= 0.6 is 0 Å². The van der Waals surface area contributed by atoms with Crippen molar-refractivity contribution >= 4 is 5.78 Å². The summed E-state index contributed by atoms with van der Waals surface area (Å²) in [6, 6.07) is 4.17. The largest absolute Gasteiger partial charge is 0.293 e. The predicted octanol–water partition coefficient (Wildman–Crippen LogP) is 0.622. The Morgan fingerprint density at radius 2 is 2.33 bits per heavy atom. The molecule has 3 unspecified atom stereocenters. The zero-order chi connectivity index (χ0) is 10.8. The summed E-state index contributed by atoms with van der Waals surface area (Å²) in [5, 5.41) is 17.5. The lowest BCUT2D eigenvalue weighted by Gasteiger charge is -2.29. The van der Waals surface area contributed by atoms with E-state index in [0.29, 0.717) is 19.4 Å². The van der Waals surface area contributed by atoms with E-state index in [1.165, 1.54) is 0 Å². The molecule has 0 aliphatic carbocycles. The van der Waals surface area contributed by atoms with E-state index in [1.54, 1.807) is 12.2 Å². The van der Waals surface area contributed by atoms with E-state index in [4.69, 9.17) is 10.5 Å². The molecule has 0 aromatic heterocycles. The van der Waals surface area contributed by atoms with Crippen molar-refractivity contribution in [1.29, 1.82) is 10.5 Å². The molecule has 3 atom stereocenters. The molecule has 0 amide bonds. The highest BCUT2D eigenvalue weighted by atomic mass is 16.1. The van der Waals surface area contributed by atoms with Crippen LogP contribution in [0.5, 0.6) is 0 Å². The molecule has 76 valence electrons. The Hall–Kier alpha value is -1.65. The second-order valence-corrected chi connectivity index (χ2v) is 3.89. The van der Waals surface area contributed by atoms with Crippen LogP contribution in [0.3, 0.4) is 0 Å². The minimum atomic E-state index is -0.169. The zero-order valence-electron chi connectivity index (χ0n) is 8.26. The van der Waals surface area contributed by atoms with Crippen molar-refractivity contribution in [2.24, 2.45) is 5.92 Å². The lowest BCUT2D eigenvalue weighted by atomic mass is 10.0. The van der Waals surface area contributed by atoms with Gasteiger partial charge in [0, 0.05) is 19.0 Å². The number of fused-ring (bicyclic) bond motifs is 2. The van der Waals surface area contributed by atoms with Crippen molar-refractivity contribution in [2.75, 3.05) is 6.54 Å². The molecule has 0 spiro atoms. The Labute approximate surface area is 88.4 Å². The molecule has 0 aromatic rings. The average Bonchev–Trinajstić information content (AvgIpc) is 2.52. The first-order chi connectivity index (χ1) is 7.27. The summed E-state index contributed by atoms with van der Waals surface area (Å²) in [5.41, 5.74) is 0. The van der Waals surface area contributed by atoms with Gasteiger partial charge in [0.1, 0.15) is 0 Å². The fraction of sp³-hybridized carbons (Fsp3) is 0.545. The molecular formula is C11H11N3O. The summed E-state index contributed by atoms with van der Waals surface area (Å²) in [4.78, 5) is 13.6. The Balaban J connectivity index is 2.20. The molecule has 4 heteroatoms. The average molecular weight is 201 g/mol. The van der Waals surface area contributed by atoms with E-state index in [2.05, 4.69) is 12.1 Å². The molecule has 4 nitrogen and oxygen atoms in total. The molecule has 2 heterocycles. The monoisotopic (exact) mass is 201 g/mol. The number of hydrogen-bond acceptors (Lipinski definition) is 4. The van der Waals surface area contributed by atoms with Crippen molar-refractivity contribution in [1.82, 2.24) is 4.90 Å². The first-order valence-corrected chi connectivity index (χ1v) is 5.02. The first kappa shape index (κ1) is 9.89. The van der Waals surface area contributed by atoms with E-state index in [-0.39, 0.29) is 23.8 Å². The molecule has 0 aromatic carbocycles. The Kier molecular flexibility index (Phi) is 2.53. The van der Waals surface area contributed by atoms with Crippen LogP contribution in [0.1, 0.15) is 12.8 Å². The second kappa shape index (κ2) is 3.84. The van der Waals surface area contributed by atoms with Crippen LogP contribution in [0.4, 0.5) is 0 Å². The van der Waals surface area contributed by atoms with Gasteiger partial charge in [-0.2, -0.15) is 10.5 Å². The fourth-order valence-electron chi connectivity index (χ4n) is 2.40. The topological polar surface area (TPSA) is 67.9 Å². The molecule has 2 bridgehead atoms. The number of carbonyl (C=O) groups is 1. The van der Waals surface area contributed by atoms with Crippen molar-refractivity contribution < 1.29 is 4.79 Å². The number of hydrogen-bond donors (Lipinski definition) is 0. The van der Waals surface area contributed by atoms with Gasteiger partial charge in [0.25, 0.3) is 0 Å². The highest BCUT2D eigenvalue weighted by Crippen LogP contribution is 2.34. The van der Waals surface area contributed by atoms with Gasteiger partial charge >= 0.3 is 0 Å². The Bertz CT molecular complexity index is 388. The molecular weight excluding hydrogens is 190 g/mol. The van der Waals surface area contributed by atoms with E-state index < -0.39 is 0 Å². The molecule has 2 aliphatic rings. The molecule has 2 rings (SSSR count). The maximum absolute atomic E-state index is 11.6. The fourth-order valence-corrected chi connectivity index (χ4v) is 2.40. The maximum Gasteiger partial charge on any atom is 0.172 e. The van der Waals surface area contributed by atoms with Crippen LogP contribution in [0.2, 0.25) is 0 Å². The highest BCUT2D eigenvalue weighted by molar-refractivity contribution is 5.96. The quantitative estimate of drug-likeness (QED) is 0.656. The Morgan fingerprint density at radius 1 is 1.53 bits per heavy atom. The summed E-state index contributed by atoms with van der Waals surface area (Å²) in [6.45, 7) is 0.583. The van der Waals surface area contributed by atoms with Gasteiger partial charge in [-0.1, -0.05) is 6.08 Å². The van der Waals surface area contributed by atoms with Crippen LogP contribution in [0.15, 0.2) is 12.2 Å². The summed E-state index contributed by atoms with van der Waals surface area (Å²) in [6.07, 6.45) is 4.40. The van der Waals surface area contributed by atoms with Crippen molar-refractivity contribution in [3.63, 3.8) is 0 Å². The van der Waals surface area contributed by atoms with Gasteiger partial charge in [-0.3, -0.25) is 9.69 Å². The van der Waals surface area contributed by atoms with Gasteiger partial charge in [-0.15, -0.1) is 0 Å². The van der Waals surface area contributed by atoms with Gasteiger partial charge in [0.05, 0.1) is 24.1 Å². The van der Waals surface area contributed by atoms with Crippen molar-refractivity contribution in [3.05, 3.63) is 12.2 Å². The lowest BCUT2D eigenvalue weighted by molar-refractivity contribution is -0.119. The lowest BCUT2D eigenvalue weighted by Crippen LogP contribution is -2.43. The normalized spacial score (nSPS) is 33.7. The third-order valence-electron chi connectivity index (χ3n) is 3.11. The van der Waals surface area contributed by atoms with Crippen LogP contribution in [-0.2, 0) is 4.79 Å². The van der Waals surface area contributed by atoms with Crippen molar-refractivity contribution in [2.45, 2.75) is 24.9 Å². The van der Waals surface area contributed by atoms with Gasteiger partial charge in [0.15, 0.2) is 5.78 Å². The smallest absolute Gasteiger partial charge is 0.172 e. The van der Waals surface area contributed by atoms with E-state index in [0.717, 1.165) is 0 Å². The summed E-state index contributed by atoms with van der Waals surface area (Å²) in [7, 11) is 0. The molecule has 1 fully saturated rings. The highest BCUT2D eigenvalue weighted by Gasteiger charge is 2.44. The number of rotatable bonds is 2. The van der Waals surface area contributed by atoms with E-state index in [9.17, 15) is 4.79 Å². The van der Waals surface area contributed by atoms with Crippen LogP contribution in [0.25, 0.3) is 0 Å². The zero-order valence-corrected chi connectivity index (χ0v) is 8.26. The van der Waals surface area contributed by atoms with Gasteiger partial charge in [0.2, 0.25) is 0 Å². The molecule has 15 heavy (non-hydrogen) atoms. The second-order valence-electron chi connectivity index (χ2n) is 3.89. The number of nitriles is 2. The number of carbonyl (C=O) groups excluding carboxylic acids is 1. The van der Waals surface area contributed by atoms with Crippen molar-refractivity contribution in [3.8, 4) is 12.1 Å². The third kappa shape index (κ3) is 1.54. The molecule has 0 saturated carbocycles. The number of ketones is 1. The van der Waals surface area contributed by atoms with Gasteiger partial charge in [-0.05, 0) is 12.5 Å². The Morgan fingerprint density at radius 3 is 3.00 bits per heavy atom. The van der Waals surface area contributed by atoms with Crippen LogP contribution in [-0.4, -0.2) is 29.3 Å². The van der Waals surface area contributed by atoms with Crippen LogP contribution < -0.4 is 0 Å². The van der Waals surface area contributed by atoms with Crippen LogP contribution in [0, 0.1) is 28.6 Å². The first-order valence-electron chi connectivity index (χ1n) is 5.02. The standard InChI is InChI=1S/C11H11N3O/c12-4-1-5-14-9-2-3-11(15)10(14)6-8(9)7-13/h2-3,8-10H,1,5-6H2. The van der Waals surface area contributed by atoms with E-state index in [1.807, 2.05) is 4.90 Å². The minimum absolute atomic E-state index is 0.0334. The number of nitrogens with zero attached hydrogens (tertiary/aromatic N) is 3. The summed E-state index contributed by atoms with van der Waals surface area (Å²) in [5.74, 6) is -0.0293. The minimum Gasteiger partial charge on any atom is -0.293 e. The van der Waals surface area contributed by atoms with Gasteiger partial charge in [-0.25, -0.2) is 0 Å². The molecule has 0 radical (unpaired) electrons. The molecule has 2 aliphatic heterocycles. The SMILES string of the molecule is N#CCCN1C2CC(C#N)C1C=CC2=O. The molecule has 1 saturated heterocycles. The maximum atomic E-state index is 11.6. The third-order valence-corrected chi connectivity index (χ3v) is 3.11. The van der Waals surface area contributed by atoms with E-state index >= 15 is 0 Å². The predicted molar refractivity (Wildman–Crippen MR) is 52.4 cm³/mol. The van der Waals surface area contributed by atoms with Gasteiger partial charge < -0.3 is 0 Å². The summed E-state index contributed by atoms with van der Waals surface area (Å²) < 4.78 is 0. The molecule has 0 N–H and O–H groups in total.